The van der Waals surface area contributed by atoms with Crippen LogP contribution in [0.1, 0.15) is 6.92 Å². The fourth-order valence-corrected chi connectivity index (χ4v) is 5.68. The van der Waals surface area contributed by atoms with Gasteiger partial charge in [0, 0.05) is 10.7 Å². The number of fused-ring (bicyclic) bond motifs is 1. The molecule has 0 N–H and O–H groups in total. The van der Waals surface area contributed by atoms with E-state index in [0.29, 0.717) is 15.9 Å². The molecule has 0 unspecified atom stereocenters. The van der Waals surface area contributed by atoms with E-state index >= 15 is 0 Å². The zero-order valence-electron chi connectivity index (χ0n) is 11.9. The molecule has 0 aliphatic carbocycles. The highest BCUT2D eigenvalue weighted by Gasteiger charge is 2.47. The number of thioether (sulfide) groups is 1. The highest BCUT2D eigenvalue weighted by molar-refractivity contribution is 8.14. The van der Waals surface area contributed by atoms with Gasteiger partial charge in [-0.1, -0.05) is 29.4 Å². The second-order valence-corrected chi connectivity index (χ2v) is 9.00. The van der Waals surface area contributed by atoms with Crippen molar-refractivity contribution in [3.8, 4) is 0 Å². The first kappa shape index (κ1) is 15.8. The Hall–Kier alpha value is -1.05. The number of benzene rings is 1. The monoisotopic (exact) mass is 358 g/mol. The predicted molar refractivity (Wildman–Crippen MR) is 90.7 cm³/mol. The number of nitrogens with zero attached hydrogens (tertiary/aromatic N) is 2. The third kappa shape index (κ3) is 3.16. The molecule has 3 rings (SSSR count). The highest BCUT2D eigenvalue weighted by atomic mass is 35.5. The second-order valence-electron chi connectivity index (χ2n) is 5.46. The van der Waals surface area contributed by atoms with E-state index in [0.717, 1.165) is 5.69 Å². The molecule has 0 radical (unpaired) electrons. The van der Waals surface area contributed by atoms with Crippen LogP contribution in [0.4, 0.5) is 5.69 Å². The highest BCUT2D eigenvalue weighted by Crippen LogP contribution is 2.35. The molecule has 2 aliphatic rings. The molecule has 2 atom stereocenters. The number of carbonyl (C=O) groups is 1. The minimum absolute atomic E-state index is 0.0587. The van der Waals surface area contributed by atoms with Crippen molar-refractivity contribution in [2.24, 2.45) is 4.99 Å². The van der Waals surface area contributed by atoms with Crippen LogP contribution in [0.15, 0.2) is 29.3 Å². The number of halogens is 1. The molecular weight excluding hydrogens is 344 g/mol. The Kier molecular flexibility index (Phi) is 4.22. The number of hydrogen-bond acceptors (Lipinski definition) is 6. The molecular formula is C14H15ClN2O3S2. The van der Waals surface area contributed by atoms with Crippen molar-refractivity contribution in [3.63, 3.8) is 0 Å². The number of ketones is 1. The lowest BCUT2D eigenvalue weighted by molar-refractivity contribution is -0.114. The SMILES string of the molecule is CC(=O)CSC1=N[C@@H]2CS(=O)(=O)C[C@@H]2N1c1cccc(Cl)c1. The summed E-state index contributed by atoms with van der Waals surface area (Å²) in [6, 6.07) is 6.78. The number of aliphatic imine (C=N–C) groups is 1. The molecule has 0 aromatic heterocycles. The van der Waals surface area contributed by atoms with Crippen LogP contribution < -0.4 is 4.90 Å². The van der Waals surface area contributed by atoms with Crippen molar-refractivity contribution >= 4 is 49.8 Å². The summed E-state index contributed by atoms with van der Waals surface area (Å²) in [4.78, 5) is 17.7. The molecule has 2 heterocycles. The molecule has 22 heavy (non-hydrogen) atoms. The van der Waals surface area contributed by atoms with Crippen LogP contribution in [0.2, 0.25) is 5.02 Å². The van der Waals surface area contributed by atoms with E-state index in [1.54, 1.807) is 12.1 Å². The Balaban J connectivity index is 1.95. The lowest BCUT2D eigenvalue weighted by Crippen LogP contribution is -2.39. The lowest BCUT2D eigenvalue weighted by atomic mass is 10.1. The van der Waals surface area contributed by atoms with Crippen LogP contribution in [0, 0.1) is 0 Å². The Morgan fingerprint density at radius 3 is 2.91 bits per heavy atom. The van der Waals surface area contributed by atoms with Crippen molar-refractivity contribution in [1.29, 1.82) is 0 Å². The molecule has 1 aromatic carbocycles. The van der Waals surface area contributed by atoms with Gasteiger partial charge in [-0.25, -0.2) is 8.42 Å². The third-order valence-corrected chi connectivity index (χ3v) is 6.64. The first-order valence-electron chi connectivity index (χ1n) is 6.81. The van der Waals surface area contributed by atoms with Gasteiger partial charge in [0.2, 0.25) is 0 Å². The van der Waals surface area contributed by atoms with Gasteiger partial charge in [0.25, 0.3) is 0 Å². The maximum absolute atomic E-state index is 11.9. The van der Waals surface area contributed by atoms with E-state index in [2.05, 4.69) is 4.99 Å². The van der Waals surface area contributed by atoms with E-state index < -0.39 is 9.84 Å². The van der Waals surface area contributed by atoms with Crippen molar-refractivity contribution < 1.29 is 13.2 Å². The maximum Gasteiger partial charge on any atom is 0.164 e. The number of anilines is 1. The number of Topliss-reactive ketones (excluding diaryl/α,β-unsaturated/α-hetero) is 1. The zero-order chi connectivity index (χ0) is 15.9. The first-order chi connectivity index (χ1) is 10.4. The van der Waals surface area contributed by atoms with Crippen LogP contribution in [0.25, 0.3) is 0 Å². The van der Waals surface area contributed by atoms with Crippen molar-refractivity contribution in [2.75, 3.05) is 22.2 Å². The van der Waals surface area contributed by atoms with Crippen LogP contribution in [0.3, 0.4) is 0 Å². The Morgan fingerprint density at radius 2 is 2.23 bits per heavy atom. The molecule has 0 bridgehead atoms. The van der Waals surface area contributed by atoms with E-state index in [-0.39, 0.29) is 29.4 Å². The normalized spacial score (nSPS) is 25.9. The minimum Gasteiger partial charge on any atom is -0.315 e. The van der Waals surface area contributed by atoms with E-state index in [9.17, 15) is 13.2 Å². The molecule has 1 aromatic rings. The van der Waals surface area contributed by atoms with Crippen LogP contribution >= 0.6 is 23.4 Å². The molecule has 2 aliphatic heterocycles. The summed E-state index contributed by atoms with van der Waals surface area (Å²) in [5.41, 5.74) is 0.812. The minimum atomic E-state index is -3.07. The predicted octanol–water partition coefficient (Wildman–Crippen LogP) is 2.00. The van der Waals surface area contributed by atoms with E-state index in [4.69, 9.17) is 11.6 Å². The number of carbonyl (C=O) groups excluding carboxylic acids is 1. The fraction of sp³-hybridized carbons (Fsp3) is 0.429. The fourth-order valence-electron chi connectivity index (χ4n) is 2.73. The van der Waals surface area contributed by atoms with Gasteiger partial charge in [0.05, 0.1) is 29.3 Å². The van der Waals surface area contributed by atoms with E-state index in [1.807, 2.05) is 17.0 Å². The largest absolute Gasteiger partial charge is 0.315 e. The summed E-state index contributed by atoms with van der Waals surface area (Å²) in [5, 5.41) is 1.28. The summed E-state index contributed by atoms with van der Waals surface area (Å²) in [6.45, 7) is 1.53. The molecule has 0 spiro atoms. The topological polar surface area (TPSA) is 66.8 Å². The van der Waals surface area contributed by atoms with Crippen molar-refractivity contribution in [2.45, 2.75) is 19.0 Å². The molecule has 1 saturated heterocycles. The number of amidine groups is 1. The average molecular weight is 359 g/mol. The second kappa shape index (κ2) is 5.86. The van der Waals surface area contributed by atoms with E-state index in [1.165, 1.54) is 18.7 Å². The Bertz CT molecular complexity index is 748. The van der Waals surface area contributed by atoms with Crippen LogP contribution in [-0.4, -0.2) is 48.7 Å². The van der Waals surface area contributed by atoms with Gasteiger partial charge in [0.1, 0.15) is 5.78 Å². The zero-order valence-corrected chi connectivity index (χ0v) is 14.3. The first-order valence-corrected chi connectivity index (χ1v) is 9.99. The van der Waals surface area contributed by atoms with Gasteiger partial charge in [-0.05, 0) is 25.1 Å². The van der Waals surface area contributed by atoms with Crippen molar-refractivity contribution in [1.82, 2.24) is 0 Å². The molecule has 1 fully saturated rings. The standard InChI is InChI=1S/C14H15ClN2O3S2/c1-9(18)6-21-14-16-12-7-22(19,20)8-13(12)17(14)11-4-2-3-10(15)5-11/h2-5,12-13H,6-8H2,1H3/t12-,13+/m1/s1. The molecule has 118 valence electrons. The number of hydrogen-bond donors (Lipinski definition) is 0. The summed E-state index contributed by atoms with van der Waals surface area (Å²) in [5.74, 6) is 0.530. The van der Waals surface area contributed by atoms with Gasteiger partial charge in [-0.15, -0.1) is 0 Å². The average Bonchev–Trinajstić information content (AvgIpc) is 2.87. The summed E-state index contributed by atoms with van der Waals surface area (Å²) < 4.78 is 23.8. The third-order valence-electron chi connectivity index (χ3n) is 3.60. The number of rotatable bonds is 3. The summed E-state index contributed by atoms with van der Waals surface area (Å²) >= 11 is 7.40. The van der Waals surface area contributed by atoms with Crippen LogP contribution in [-0.2, 0) is 14.6 Å². The maximum atomic E-state index is 11.9. The van der Waals surface area contributed by atoms with Crippen molar-refractivity contribution in [3.05, 3.63) is 29.3 Å². The Labute approximate surface area is 138 Å². The van der Waals surface area contributed by atoms with Gasteiger partial charge in [-0.3, -0.25) is 9.79 Å². The summed E-state index contributed by atoms with van der Waals surface area (Å²) in [6.07, 6.45) is 0. The smallest absolute Gasteiger partial charge is 0.164 e. The van der Waals surface area contributed by atoms with Gasteiger partial charge in [-0.2, -0.15) is 0 Å². The molecule has 0 saturated carbocycles. The summed E-state index contributed by atoms with van der Waals surface area (Å²) in [7, 11) is -3.07. The van der Waals surface area contributed by atoms with Crippen LogP contribution in [0.5, 0.6) is 0 Å². The van der Waals surface area contributed by atoms with Gasteiger partial charge in [0.15, 0.2) is 15.0 Å². The molecule has 8 heteroatoms. The quantitative estimate of drug-likeness (QED) is 0.826. The van der Waals surface area contributed by atoms with Gasteiger partial charge >= 0.3 is 0 Å². The molecule has 5 nitrogen and oxygen atoms in total. The molecule has 0 amide bonds. The number of sulfone groups is 1. The lowest BCUT2D eigenvalue weighted by Gasteiger charge is -2.26. The van der Waals surface area contributed by atoms with Gasteiger partial charge < -0.3 is 4.90 Å². The Morgan fingerprint density at radius 1 is 1.45 bits per heavy atom.